The molecule has 154 valence electrons. The Bertz CT molecular complexity index is 1060. The third-order valence-electron chi connectivity index (χ3n) is 4.73. The van der Waals surface area contributed by atoms with Crippen LogP contribution in [0.1, 0.15) is 28.5 Å². The quantitative estimate of drug-likeness (QED) is 0.354. The molecular formula is C21H23FN6O2+2. The van der Waals surface area contributed by atoms with Crippen molar-refractivity contribution in [3.63, 3.8) is 0 Å². The van der Waals surface area contributed by atoms with E-state index >= 15 is 0 Å². The molecule has 0 bridgehead atoms. The second-order valence-corrected chi connectivity index (χ2v) is 6.91. The number of para-hydroxylation sites is 2. The fraction of sp³-hybridized carbons (Fsp3) is 0.238. The molecule has 0 saturated heterocycles. The summed E-state index contributed by atoms with van der Waals surface area (Å²) in [5.41, 5.74) is 2.55. The summed E-state index contributed by atoms with van der Waals surface area (Å²) in [6.45, 7) is 1.69. The van der Waals surface area contributed by atoms with Crippen molar-refractivity contribution in [2.24, 2.45) is 4.99 Å². The summed E-state index contributed by atoms with van der Waals surface area (Å²) >= 11 is 0. The molecule has 1 aliphatic rings. The average Bonchev–Trinajstić information content (AvgIpc) is 3.39. The van der Waals surface area contributed by atoms with Crippen molar-refractivity contribution in [2.75, 3.05) is 13.1 Å². The fourth-order valence-corrected chi connectivity index (χ4v) is 3.16. The zero-order chi connectivity index (χ0) is 20.8. The first-order valence-electron chi connectivity index (χ1n) is 9.84. The summed E-state index contributed by atoms with van der Waals surface area (Å²) in [4.78, 5) is 24.9. The van der Waals surface area contributed by atoms with Gasteiger partial charge in [0.1, 0.15) is 17.8 Å². The molecule has 2 aromatic heterocycles. The molecule has 1 aliphatic heterocycles. The largest absolute Gasteiger partial charge is 0.448 e. The molecule has 1 aromatic carbocycles. The predicted molar refractivity (Wildman–Crippen MR) is 107 cm³/mol. The van der Waals surface area contributed by atoms with Crippen LogP contribution >= 0.6 is 0 Å². The first-order valence-corrected chi connectivity index (χ1v) is 9.84. The molecular weight excluding hydrogens is 387 g/mol. The van der Waals surface area contributed by atoms with Crippen LogP contribution in [0.5, 0.6) is 0 Å². The number of nitrogens with zero attached hydrogens (tertiary/aromatic N) is 3. The minimum absolute atomic E-state index is 0.00769. The van der Waals surface area contributed by atoms with E-state index in [1.165, 1.54) is 30.3 Å². The molecule has 0 saturated carbocycles. The number of nitrogens with one attached hydrogen (secondary N) is 1. The number of amidine groups is 1. The van der Waals surface area contributed by atoms with E-state index in [1.54, 1.807) is 0 Å². The van der Waals surface area contributed by atoms with E-state index in [0.717, 1.165) is 31.0 Å². The molecule has 0 aliphatic carbocycles. The maximum atomic E-state index is 13.6. The highest BCUT2D eigenvalue weighted by molar-refractivity contribution is 5.91. The number of aliphatic imine (C=N–C) groups is 1. The Hall–Kier alpha value is -3.43. The van der Waals surface area contributed by atoms with E-state index < -0.39 is 11.7 Å². The van der Waals surface area contributed by atoms with E-state index in [4.69, 9.17) is 4.42 Å². The number of halogens is 1. The van der Waals surface area contributed by atoms with Gasteiger partial charge in [-0.1, -0.05) is 12.1 Å². The third kappa shape index (κ3) is 4.94. The van der Waals surface area contributed by atoms with E-state index in [0.29, 0.717) is 12.3 Å². The predicted octanol–water partition coefficient (Wildman–Crippen LogP) is 0.573. The van der Waals surface area contributed by atoms with Crippen LogP contribution in [0.25, 0.3) is 0 Å². The van der Waals surface area contributed by atoms with Crippen molar-refractivity contribution in [3.05, 3.63) is 72.0 Å². The number of fused-ring (bicyclic) bond motifs is 1. The summed E-state index contributed by atoms with van der Waals surface area (Å²) in [5.74, 6) is 0.706. The third-order valence-corrected chi connectivity index (χ3v) is 4.73. The van der Waals surface area contributed by atoms with Gasteiger partial charge in [0.15, 0.2) is 17.3 Å². The van der Waals surface area contributed by atoms with Gasteiger partial charge in [-0.25, -0.2) is 9.37 Å². The number of quaternary nitrogens is 2. The zero-order valence-electron chi connectivity index (χ0n) is 16.3. The number of hydrogen-bond acceptors (Lipinski definition) is 5. The van der Waals surface area contributed by atoms with E-state index in [1.807, 2.05) is 18.2 Å². The number of amides is 1. The molecule has 0 unspecified atom stereocenters. The number of rotatable bonds is 9. The molecule has 5 N–H and O–H groups in total. The molecule has 3 heterocycles. The Kier molecular flexibility index (Phi) is 6.21. The summed E-state index contributed by atoms with van der Waals surface area (Å²) in [5, 5.41) is 6.89. The maximum Gasteiger partial charge on any atom is 0.273 e. The Balaban J connectivity index is 1.16. The standard InChI is InChI=1S/C21H21FN6O2/c22-14-4-3-9-24-17(14)12-25-21(29)18-13-30-20(28-18)8-11-23-10-7-19-26-15-5-1-2-6-16(15)27-19/h1-6,9,13,23H,7-8,10-12H2,(H,25,29)(H,26,27)/p+2. The Morgan fingerprint density at radius 1 is 1.17 bits per heavy atom. The van der Waals surface area contributed by atoms with E-state index in [9.17, 15) is 9.18 Å². The number of pyridine rings is 1. The van der Waals surface area contributed by atoms with Crippen molar-refractivity contribution in [2.45, 2.75) is 19.4 Å². The van der Waals surface area contributed by atoms with Gasteiger partial charge in [-0.2, -0.15) is 4.99 Å². The molecule has 8 nitrogen and oxygen atoms in total. The molecule has 0 atom stereocenters. The smallest absolute Gasteiger partial charge is 0.273 e. The summed E-state index contributed by atoms with van der Waals surface area (Å²) in [7, 11) is 0. The van der Waals surface area contributed by atoms with Gasteiger partial charge in [0.2, 0.25) is 5.84 Å². The van der Waals surface area contributed by atoms with Crippen molar-refractivity contribution in [1.29, 1.82) is 0 Å². The first-order chi connectivity index (χ1) is 14.7. The van der Waals surface area contributed by atoms with Gasteiger partial charge in [-0.3, -0.25) is 15.1 Å². The highest BCUT2D eigenvalue weighted by Gasteiger charge is 2.18. The minimum atomic E-state index is -0.459. The Morgan fingerprint density at radius 2 is 2.03 bits per heavy atom. The SMILES string of the molecule is O=C(NCc1ncccc1F)c1coc(CC[NH2+]CCC2=Nc3ccccc3[NH2+]2)n1. The number of aromatic nitrogens is 2. The highest BCUT2D eigenvalue weighted by Crippen LogP contribution is 2.22. The van der Waals surface area contributed by atoms with Crippen molar-refractivity contribution < 1.29 is 24.2 Å². The van der Waals surface area contributed by atoms with Gasteiger partial charge in [0, 0.05) is 12.3 Å². The molecule has 4 rings (SSSR count). The number of hydrogen-bond donors (Lipinski definition) is 3. The van der Waals surface area contributed by atoms with Crippen molar-refractivity contribution in [1.82, 2.24) is 15.3 Å². The lowest BCUT2D eigenvalue weighted by atomic mass is 10.3. The zero-order valence-corrected chi connectivity index (χ0v) is 16.3. The molecule has 1 amide bonds. The minimum Gasteiger partial charge on any atom is -0.448 e. The van der Waals surface area contributed by atoms with Crippen LogP contribution in [0.3, 0.4) is 0 Å². The van der Waals surface area contributed by atoms with Gasteiger partial charge < -0.3 is 15.1 Å². The number of oxazole rings is 1. The lowest BCUT2D eigenvalue weighted by Crippen LogP contribution is -2.87. The van der Waals surface area contributed by atoms with E-state index in [-0.39, 0.29) is 17.9 Å². The highest BCUT2D eigenvalue weighted by atomic mass is 19.1. The summed E-state index contributed by atoms with van der Waals surface area (Å²) in [6, 6.07) is 10.9. The van der Waals surface area contributed by atoms with Crippen LogP contribution in [0, 0.1) is 5.82 Å². The van der Waals surface area contributed by atoms with Gasteiger partial charge in [-0.05, 0) is 18.2 Å². The van der Waals surface area contributed by atoms with Crippen LogP contribution in [0.2, 0.25) is 0 Å². The topological polar surface area (TPSA) is 114 Å². The van der Waals surface area contributed by atoms with Crippen LogP contribution < -0.4 is 16.0 Å². The first kappa shape index (κ1) is 19.9. The lowest BCUT2D eigenvalue weighted by Gasteiger charge is -2.03. The summed E-state index contributed by atoms with van der Waals surface area (Å²) < 4.78 is 18.9. The number of benzene rings is 1. The van der Waals surface area contributed by atoms with Crippen molar-refractivity contribution in [3.8, 4) is 0 Å². The Labute approximate surface area is 172 Å². The van der Waals surface area contributed by atoms with Crippen LogP contribution in [0.15, 0.2) is 58.3 Å². The molecule has 9 heteroatoms. The second-order valence-electron chi connectivity index (χ2n) is 6.91. The van der Waals surface area contributed by atoms with Crippen molar-refractivity contribution >= 4 is 23.1 Å². The average molecular weight is 410 g/mol. The lowest BCUT2D eigenvalue weighted by molar-refractivity contribution is -0.654. The number of carbonyl (C=O) groups is 1. The van der Waals surface area contributed by atoms with E-state index in [2.05, 4.69) is 37.0 Å². The maximum absolute atomic E-state index is 13.6. The van der Waals surface area contributed by atoms with Crippen LogP contribution in [-0.2, 0) is 13.0 Å². The van der Waals surface area contributed by atoms with Gasteiger partial charge >= 0.3 is 0 Å². The molecule has 0 radical (unpaired) electrons. The fourth-order valence-electron chi connectivity index (χ4n) is 3.16. The number of carbonyl (C=O) groups excluding carboxylic acids is 1. The second kappa shape index (κ2) is 9.38. The van der Waals surface area contributed by atoms with Gasteiger partial charge in [0.05, 0.1) is 38.2 Å². The van der Waals surface area contributed by atoms with Gasteiger partial charge in [-0.15, -0.1) is 0 Å². The molecule has 3 aromatic rings. The van der Waals surface area contributed by atoms with Crippen LogP contribution in [-0.4, -0.2) is 34.8 Å². The normalized spacial score (nSPS) is 12.5. The molecule has 0 fully saturated rings. The molecule has 30 heavy (non-hydrogen) atoms. The Morgan fingerprint density at radius 3 is 2.90 bits per heavy atom. The van der Waals surface area contributed by atoms with Crippen LogP contribution in [0.4, 0.5) is 15.8 Å². The monoisotopic (exact) mass is 410 g/mol. The summed E-state index contributed by atoms with van der Waals surface area (Å²) in [6.07, 6.45) is 4.29. The van der Waals surface area contributed by atoms with Gasteiger partial charge in [0.25, 0.3) is 5.91 Å². The molecule has 0 spiro atoms. The number of nitrogens with two attached hydrogens (primary N) is 2.